The van der Waals surface area contributed by atoms with Gasteiger partial charge in [-0.15, -0.1) is 24.0 Å². The maximum atomic E-state index is 11.7. The van der Waals surface area contributed by atoms with Crippen LogP contribution in [0.15, 0.2) is 35.3 Å². The van der Waals surface area contributed by atoms with Crippen LogP contribution in [0.4, 0.5) is 0 Å². The number of hydrogen-bond donors (Lipinski definition) is 3. The zero-order valence-corrected chi connectivity index (χ0v) is 15.7. The molecule has 0 saturated carbocycles. The van der Waals surface area contributed by atoms with Gasteiger partial charge in [0.15, 0.2) is 5.96 Å². The van der Waals surface area contributed by atoms with Crippen molar-refractivity contribution in [3.63, 3.8) is 0 Å². The second kappa shape index (κ2) is 13.4. The van der Waals surface area contributed by atoms with Gasteiger partial charge < -0.3 is 16.0 Å². The van der Waals surface area contributed by atoms with Crippen molar-refractivity contribution in [2.24, 2.45) is 4.99 Å². The van der Waals surface area contributed by atoms with Crippen LogP contribution in [0.1, 0.15) is 31.7 Å². The fourth-order valence-corrected chi connectivity index (χ4v) is 1.78. The molecule has 5 nitrogen and oxygen atoms in total. The molecule has 0 unspecified atom stereocenters. The predicted octanol–water partition coefficient (Wildman–Crippen LogP) is 2.28. The van der Waals surface area contributed by atoms with Gasteiger partial charge in [0.2, 0.25) is 5.91 Å². The van der Waals surface area contributed by atoms with Gasteiger partial charge in [-0.05, 0) is 12.0 Å². The quantitative estimate of drug-likeness (QED) is 0.263. The van der Waals surface area contributed by atoms with Crippen LogP contribution in [-0.4, -0.2) is 32.0 Å². The third kappa shape index (κ3) is 9.59. The van der Waals surface area contributed by atoms with Gasteiger partial charge in [0.25, 0.3) is 0 Å². The Balaban J connectivity index is 0.00000441. The molecule has 0 radical (unpaired) electrons. The summed E-state index contributed by atoms with van der Waals surface area (Å²) in [6.07, 6.45) is 2.69. The number of aliphatic imine (C=N–C) groups is 1. The lowest BCUT2D eigenvalue weighted by atomic mass is 10.2. The summed E-state index contributed by atoms with van der Waals surface area (Å²) in [5.41, 5.74) is 1.11. The molecule has 0 heterocycles. The van der Waals surface area contributed by atoms with Crippen LogP contribution >= 0.6 is 24.0 Å². The van der Waals surface area contributed by atoms with E-state index in [0.717, 1.165) is 30.9 Å². The first-order valence-electron chi connectivity index (χ1n) is 7.51. The number of nitrogens with one attached hydrogen (secondary N) is 3. The van der Waals surface area contributed by atoms with Crippen molar-refractivity contribution in [1.82, 2.24) is 16.0 Å². The van der Waals surface area contributed by atoms with Crippen molar-refractivity contribution in [2.45, 2.75) is 32.7 Å². The summed E-state index contributed by atoms with van der Waals surface area (Å²) in [4.78, 5) is 15.8. The molecule has 124 valence electrons. The minimum absolute atomic E-state index is 0. The molecule has 0 aromatic heterocycles. The van der Waals surface area contributed by atoms with Gasteiger partial charge in [-0.25, -0.2) is 0 Å². The highest BCUT2D eigenvalue weighted by Crippen LogP contribution is 1.97. The second-order valence-corrected chi connectivity index (χ2v) is 4.79. The molecule has 1 aromatic carbocycles. The predicted molar refractivity (Wildman–Crippen MR) is 103 cm³/mol. The minimum atomic E-state index is 0. The van der Waals surface area contributed by atoms with Crippen molar-refractivity contribution in [2.75, 3.05) is 20.1 Å². The van der Waals surface area contributed by atoms with E-state index in [1.165, 1.54) is 0 Å². The molecule has 0 aliphatic rings. The van der Waals surface area contributed by atoms with Crippen LogP contribution < -0.4 is 16.0 Å². The molecule has 0 aliphatic heterocycles. The number of amides is 1. The summed E-state index contributed by atoms with van der Waals surface area (Å²) in [6.45, 7) is 4.20. The Morgan fingerprint density at radius 1 is 1.09 bits per heavy atom. The van der Waals surface area contributed by atoms with Crippen LogP contribution in [0.25, 0.3) is 0 Å². The minimum Gasteiger partial charge on any atom is -0.356 e. The number of nitrogens with zero attached hydrogens (tertiary/aromatic N) is 1. The fraction of sp³-hybridized carbons (Fsp3) is 0.500. The topological polar surface area (TPSA) is 65.5 Å². The summed E-state index contributed by atoms with van der Waals surface area (Å²) in [5, 5.41) is 9.25. The average Bonchev–Trinajstić information content (AvgIpc) is 2.52. The zero-order chi connectivity index (χ0) is 15.3. The third-order valence-corrected chi connectivity index (χ3v) is 3.02. The van der Waals surface area contributed by atoms with Crippen LogP contribution in [0.3, 0.4) is 0 Å². The molecule has 0 bridgehead atoms. The Bertz CT molecular complexity index is 437. The molecule has 0 aliphatic carbocycles. The fourth-order valence-electron chi connectivity index (χ4n) is 1.78. The summed E-state index contributed by atoms with van der Waals surface area (Å²) >= 11 is 0. The first-order chi connectivity index (χ1) is 10.3. The number of halogens is 1. The molecule has 1 aromatic rings. The van der Waals surface area contributed by atoms with Gasteiger partial charge in [-0.3, -0.25) is 9.79 Å². The lowest BCUT2D eigenvalue weighted by Gasteiger charge is -2.11. The largest absolute Gasteiger partial charge is 0.356 e. The lowest BCUT2D eigenvalue weighted by Crippen LogP contribution is -2.39. The van der Waals surface area contributed by atoms with E-state index in [2.05, 4.69) is 27.9 Å². The molecule has 22 heavy (non-hydrogen) atoms. The SMILES string of the molecule is CCCCNC(=NC)NCCC(=O)NCc1ccccc1.I. The third-order valence-electron chi connectivity index (χ3n) is 3.02. The molecule has 3 N–H and O–H groups in total. The van der Waals surface area contributed by atoms with E-state index in [1.807, 2.05) is 30.3 Å². The first kappa shape index (κ1) is 20.7. The Kier molecular flexibility index (Phi) is 12.6. The Morgan fingerprint density at radius 3 is 2.41 bits per heavy atom. The number of unbranched alkanes of at least 4 members (excludes halogenated alkanes) is 1. The second-order valence-electron chi connectivity index (χ2n) is 4.79. The summed E-state index contributed by atoms with van der Waals surface area (Å²) in [7, 11) is 1.73. The van der Waals surface area contributed by atoms with E-state index in [9.17, 15) is 4.79 Å². The monoisotopic (exact) mass is 418 g/mol. The van der Waals surface area contributed by atoms with Crippen LogP contribution in [0.5, 0.6) is 0 Å². The molecular formula is C16H27IN4O. The van der Waals surface area contributed by atoms with Crippen molar-refractivity contribution < 1.29 is 4.79 Å². The summed E-state index contributed by atoms with van der Waals surface area (Å²) in [5.74, 6) is 0.787. The Labute approximate surface area is 150 Å². The maximum Gasteiger partial charge on any atom is 0.222 e. The van der Waals surface area contributed by atoms with Gasteiger partial charge in [0, 0.05) is 33.1 Å². The molecule has 1 rings (SSSR count). The van der Waals surface area contributed by atoms with Gasteiger partial charge in [0.05, 0.1) is 0 Å². The van der Waals surface area contributed by atoms with Crippen molar-refractivity contribution in [1.29, 1.82) is 0 Å². The molecular weight excluding hydrogens is 391 g/mol. The number of benzene rings is 1. The van der Waals surface area contributed by atoms with E-state index in [0.29, 0.717) is 19.5 Å². The smallest absolute Gasteiger partial charge is 0.222 e. The van der Waals surface area contributed by atoms with Crippen LogP contribution in [-0.2, 0) is 11.3 Å². The van der Waals surface area contributed by atoms with Gasteiger partial charge >= 0.3 is 0 Å². The number of hydrogen-bond acceptors (Lipinski definition) is 2. The lowest BCUT2D eigenvalue weighted by molar-refractivity contribution is -0.121. The van der Waals surface area contributed by atoms with Crippen molar-refractivity contribution in [3.05, 3.63) is 35.9 Å². The van der Waals surface area contributed by atoms with E-state index in [1.54, 1.807) is 7.05 Å². The number of carbonyl (C=O) groups is 1. The number of carbonyl (C=O) groups excluding carboxylic acids is 1. The van der Waals surface area contributed by atoms with E-state index < -0.39 is 0 Å². The average molecular weight is 418 g/mol. The molecule has 0 saturated heterocycles. The first-order valence-corrected chi connectivity index (χ1v) is 7.51. The van der Waals surface area contributed by atoms with E-state index in [-0.39, 0.29) is 29.9 Å². The molecule has 1 amide bonds. The van der Waals surface area contributed by atoms with Crippen molar-refractivity contribution in [3.8, 4) is 0 Å². The Morgan fingerprint density at radius 2 is 1.77 bits per heavy atom. The molecule has 6 heteroatoms. The van der Waals surface area contributed by atoms with Gasteiger partial charge in [0.1, 0.15) is 0 Å². The summed E-state index contributed by atoms with van der Waals surface area (Å²) < 4.78 is 0. The zero-order valence-electron chi connectivity index (χ0n) is 13.4. The van der Waals surface area contributed by atoms with Crippen LogP contribution in [0.2, 0.25) is 0 Å². The van der Waals surface area contributed by atoms with Gasteiger partial charge in [-0.1, -0.05) is 43.7 Å². The molecule has 0 atom stereocenters. The standard InChI is InChI=1S/C16H26N4O.HI/c1-3-4-11-18-16(17-2)19-12-10-15(21)20-13-14-8-6-5-7-9-14;/h5-9H,3-4,10-13H2,1-2H3,(H,20,21)(H2,17,18,19);1H. The maximum absolute atomic E-state index is 11.7. The highest BCUT2D eigenvalue weighted by Gasteiger charge is 2.02. The normalized spacial score (nSPS) is 10.5. The highest BCUT2D eigenvalue weighted by molar-refractivity contribution is 14.0. The van der Waals surface area contributed by atoms with E-state index in [4.69, 9.17) is 0 Å². The van der Waals surface area contributed by atoms with Gasteiger partial charge in [-0.2, -0.15) is 0 Å². The summed E-state index contributed by atoms with van der Waals surface area (Å²) in [6, 6.07) is 9.90. The number of guanidine groups is 1. The molecule has 0 fully saturated rings. The van der Waals surface area contributed by atoms with E-state index >= 15 is 0 Å². The number of rotatable bonds is 8. The molecule has 0 spiro atoms. The highest BCUT2D eigenvalue weighted by atomic mass is 127. The van der Waals surface area contributed by atoms with Crippen molar-refractivity contribution >= 4 is 35.8 Å². The van der Waals surface area contributed by atoms with Crippen LogP contribution in [0, 0.1) is 0 Å². The Hall–Kier alpha value is -1.31.